The SMILES string of the molecule is CNC(=O)c1ccc(CN(C)Cc2csc(CC(=O)Nc3cc(C)ccc3C)n2)cc1. The smallest absolute Gasteiger partial charge is 0.251 e. The van der Waals surface area contributed by atoms with Crippen molar-refractivity contribution in [1.82, 2.24) is 15.2 Å². The Morgan fingerprint density at radius 3 is 2.52 bits per heavy atom. The number of aromatic nitrogens is 1. The van der Waals surface area contributed by atoms with Gasteiger partial charge in [0.1, 0.15) is 5.01 Å². The molecule has 3 rings (SSSR count). The fraction of sp³-hybridized carbons (Fsp3) is 0.292. The van der Waals surface area contributed by atoms with E-state index < -0.39 is 0 Å². The number of hydrogen-bond donors (Lipinski definition) is 2. The lowest BCUT2D eigenvalue weighted by Gasteiger charge is -2.15. The van der Waals surface area contributed by atoms with Crippen molar-refractivity contribution in [3.05, 3.63) is 80.8 Å². The third-order valence-electron chi connectivity index (χ3n) is 4.91. The third-order valence-corrected chi connectivity index (χ3v) is 5.80. The summed E-state index contributed by atoms with van der Waals surface area (Å²) in [5, 5.41) is 8.42. The molecule has 1 heterocycles. The van der Waals surface area contributed by atoms with E-state index in [1.165, 1.54) is 11.3 Å². The van der Waals surface area contributed by atoms with E-state index in [1.807, 2.05) is 68.7 Å². The maximum atomic E-state index is 12.4. The quantitative estimate of drug-likeness (QED) is 0.561. The lowest BCUT2D eigenvalue weighted by atomic mass is 10.1. The van der Waals surface area contributed by atoms with Gasteiger partial charge in [-0.25, -0.2) is 4.98 Å². The maximum Gasteiger partial charge on any atom is 0.251 e. The molecule has 0 aliphatic rings. The number of aryl methyl sites for hydroxylation is 2. The second-order valence-electron chi connectivity index (χ2n) is 7.72. The molecule has 0 saturated carbocycles. The van der Waals surface area contributed by atoms with Crippen LogP contribution in [0.2, 0.25) is 0 Å². The molecule has 2 N–H and O–H groups in total. The molecule has 2 aromatic carbocycles. The van der Waals surface area contributed by atoms with Crippen molar-refractivity contribution in [2.45, 2.75) is 33.4 Å². The molecule has 0 radical (unpaired) electrons. The molecule has 0 bridgehead atoms. The van der Waals surface area contributed by atoms with Gasteiger partial charge in [-0.05, 0) is 55.8 Å². The van der Waals surface area contributed by atoms with Gasteiger partial charge in [0.25, 0.3) is 5.91 Å². The molecule has 6 nitrogen and oxygen atoms in total. The van der Waals surface area contributed by atoms with E-state index in [1.54, 1.807) is 7.05 Å². The van der Waals surface area contributed by atoms with Gasteiger partial charge in [0, 0.05) is 36.8 Å². The number of anilines is 1. The first-order chi connectivity index (χ1) is 14.8. The Kier molecular flexibility index (Phi) is 7.55. The highest BCUT2D eigenvalue weighted by Gasteiger charge is 2.11. The van der Waals surface area contributed by atoms with Crippen molar-refractivity contribution in [3.8, 4) is 0 Å². The summed E-state index contributed by atoms with van der Waals surface area (Å²) in [6.45, 7) is 5.42. The van der Waals surface area contributed by atoms with Crippen molar-refractivity contribution < 1.29 is 9.59 Å². The van der Waals surface area contributed by atoms with Crippen molar-refractivity contribution in [1.29, 1.82) is 0 Å². The van der Waals surface area contributed by atoms with Crippen LogP contribution in [0.25, 0.3) is 0 Å². The van der Waals surface area contributed by atoms with Gasteiger partial charge in [-0.1, -0.05) is 24.3 Å². The zero-order chi connectivity index (χ0) is 22.4. The molecule has 0 spiro atoms. The third kappa shape index (κ3) is 6.47. The van der Waals surface area contributed by atoms with Crippen LogP contribution >= 0.6 is 11.3 Å². The van der Waals surface area contributed by atoms with Crippen molar-refractivity contribution >= 4 is 28.8 Å². The van der Waals surface area contributed by atoms with Gasteiger partial charge >= 0.3 is 0 Å². The van der Waals surface area contributed by atoms with Crippen LogP contribution in [0, 0.1) is 13.8 Å². The van der Waals surface area contributed by atoms with Crippen molar-refractivity contribution in [3.63, 3.8) is 0 Å². The average molecular weight is 437 g/mol. The summed E-state index contributed by atoms with van der Waals surface area (Å²) >= 11 is 1.51. The molecule has 0 atom stereocenters. The first-order valence-electron chi connectivity index (χ1n) is 10.1. The number of hydrogen-bond acceptors (Lipinski definition) is 5. The summed E-state index contributed by atoms with van der Waals surface area (Å²) in [5.41, 5.74) is 5.73. The Balaban J connectivity index is 1.52. The number of benzene rings is 2. The van der Waals surface area contributed by atoms with Gasteiger partial charge in [0.05, 0.1) is 12.1 Å². The number of carbonyl (C=O) groups excluding carboxylic acids is 2. The average Bonchev–Trinajstić information content (AvgIpc) is 3.17. The van der Waals surface area contributed by atoms with Crippen molar-refractivity contribution in [2.24, 2.45) is 0 Å². The van der Waals surface area contributed by atoms with Crippen LogP contribution in [0.3, 0.4) is 0 Å². The fourth-order valence-electron chi connectivity index (χ4n) is 3.25. The summed E-state index contributed by atoms with van der Waals surface area (Å²) in [5.74, 6) is -0.143. The molecule has 162 valence electrons. The molecular formula is C24H28N4O2S. The monoisotopic (exact) mass is 436 g/mol. The van der Waals surface area contributed by atoms with E-state index in [0.29, 0.717) is 12.1 Å². The molecule has 7 heteroatoms. The molecule has 3 aromatic rings. The first kappa shape index (κ1) is 22.7. The molecule has 0 aliphatic carbocycles. The van der Waals surface area contributed by atoms with Gasteiger partial charge in [0.2, 0.25) is 5.91 Å². The number of nitrogens with zero attached hydrogens (tertiary/aromatic N) is 2. The van der Waals surface area contributed by atoms with Crippen LogP contribution in [-0.2, 0) is 24.3 Å². The van der Waals surface area contributed by atoms with Crippen LogP contribution in [-0.4, -0.2) is 35.8 Å². The second-order valence-corrected chi connectivity index (χ2v) is 8.67. The minimum absolute atomic E-state index is 0.0563. The number of nitrogens with one attached hydrogen (secondary N) is 2. The van der Waals surface area contributed by atoms with E-state index in [4.69, 9.17) is 0 Å². The molecule has 0 unspecified atom stereocenters. The van der Waals surface area contributed by atoms with Crippen LogP contribution in [0.5, 0.6) is 0 Å². The Hall–Kier alpha value is -3.03. The summed E-state index contributed by atoms with van der Waals surface area (Å²) in [6.07, 6.45) is 0.267. The van der Waals surface area contributed by atoms with Gasteiger partial charge in [0.15, 0.2) is 0 Å². The van der Waals surface area contributed by atoms with Gasteiger partial charge < -0.3 is 10.6 Å². The molecule has 1 aromatic heterocycles. The van der Waals surface area contributed by atoms with Gasteiger partial charge in [-0.15, -0.1) is 11.3 Å². The molecule has 0 fully saturated rings. The topological polar surface area (TPSA) is 74.3 Å². The molecule has 31 heavy (non-hydrogen) atoms. The van der Waals surface area contributed by atoms with Gasteiger partial charge in [-0.3, -0.25) is 14.5 Å². The van der Waals surface area contributed by atoms with Crippen LogP contribution in [0.1, 0.15) is 37.7 Å². The van der Waals surface area contributed by atoms with E-state index in [-0.39, 0.29) is 18.2 Å². The predicted octanol–water partition coefficient (Wildman–Crippen LogP) is 3.93. The Morgan fingerprint density at radius 2 is 1.81 bits per heavy atom. The highest BCUT2D eigenvalue weighted by Crippen LogP contribution is 2.18. The lowest BCUT2D eigenvalue weighted by molar-refractivity contribution is -0.115. The minimum atomic E-state index is -0.0866. The number of carbonyl (C=O) groups is 2. The zero-order valence-electron chi connectivity index (χ0n) is 18.4. The fourth-order valence-corrected chi connectivity index (χ4v) is 4.04. The van der Waals surface area contributed by atoms with E-state index in [2.05, 4.69) is 20.5 Å². The van der Waals surface area contributed by atoms with Crippen molar-refractivity contribution in [2.75, 3.05) is 19.4 Å². The van der Waals surface area contributed by atoms with E-state index in [9.17, 15) is 9.59 Å². The normalized spacial score (nSPS) is 10.9. The van der Waals surface area contributed by atoms with Crippen LogP contribution < -0.4 is 10.6 Å². The predicted molar refractivity (Wildman–Crippen MR) is 125 cm³/mol. The minimum Gasteiger partial charge on any atom is -0.355 e. The maximum absolute atomic E-state index is 12.4. The number of amides is 2. The standard InChI is InChI=1S/C24H28N4O2S/c1-16-5-6-17(2)21(11-16)27-22(29)12-23-26-20(15-31-23)14-28(4)13-18-7-9-19(10-8-18)24(30)25-3/h5-11,15H,12-14H2,1-4H3,(H,25,30)(H,27,29). The highest BCUT2D eigenvalue weighted by atomic mass is 32.1. The Bertz CT molecular complexity index is 1060. The van der Waals surface area contributed by atoms with E-state index in [0.717, 1.165) is 39.6 Å². The number of rotatable bonds is 8. The summed E-state index contributed by atoms with van der Waals surface area (Å²) in [7, 11) is 3.65. The summed E-state index contributed by atoms with van der Waals surface area (Å²) < 4.78 is 0. The molecule has 0 aliphatic heterocycles. The summed E-state index contributed by atoms with van der Waals surface area (Å²) in [4.78, 5) is 30.9. The second kappa shape index (κ2) is 10.3. The van der Waals surface area contributed by atoms with E-state index >= 15 is 0 Å². The number of thiazole rings is 1. The molecular weight excluding hydrogens is 408 g/mol. The first-order valence-corrected chi connectivity index (χ1v) is 11.0. The Morgan fingerprint density at radius 1 is 1.06 bits per heavy atom. The van der Waals surface area contributed by atoms with Crippen LogP contribution in [0.4, 0.5) is 5.69 Å². The highest BCUT2D eigenvalue weighted by molar-refractivity contribution is 7.09. The zero-order valence-corrected chi connectivity index (χ0v) is 19.2. The van der Waals surface area contributed by atoms with Crippen LogP contribution in [0.15, 0.2) is 47.8 Å². The summed E-state index contributed by atoms with van der Waals surface area (Å²) in [6, 6.07) is 13.6. The largest absolute Gasteiger partial charge is 0.355 e. The molecule has 0 saturated heterocycles. The lowest BCUT2D eigenvalue weighted by Crippen LogP contribution is -2.19. The van der Waals surface area contributed by atoms with Gasteiger partial charge in [-0.2, -0.15) is 0 Å². The Labute approximate surface area is 187 Å². The molecule has 2 amide bonds.